The second kappa shape index (κ2) is 6.67. The Bertz CT molecular complexity index is 943. The molecular weight excluding hydrogens is 326 g/mol. The zero-order chi connectivity index (χ0) is 18.1. The number of H-pyrrole nitrogens is 1. The molecule has 2 aromatic carbocycles. The number of nitrogens with zero attached hydrogens (tertiary/aromatic N) is 1. The van der Waals surface area contributed by atoms with Gasteiger partial charge in [-0.3, -0.25) is 9.59 Å². The number of piperidine rings is 1. The van der Waals surface area contributed by atoms with Gasteiger partial charge in [0.2, 0.25) is 5.91 Å². The number of hydrogen-bond donors (Lipinski definition) is 2. The van der Waals surface area contributed by atoms with Crippen molar-refractivity contribution in [2.24, 2.45) is 5.73 Å². The summed E-state index contributed by atoms with van der Waals surface area (Å²) in [5, 5.41) is 1.15. The van der Waals surface area contributed by atoms with Gasteiger partial charge in [-0.1, -0.05) is 24.3 Å². The number of aromatic nitrogens is 1. The lowest BCUT2D eigenvalue weighted by Gasteiger charge is -2.35. The molecule has 0 unspecified atom stereocenters. The van der Waals surface area contributed by atoms with E-state index in [9.17, 15) is 9.59 Å². The van der Waals surface area contributed by atoms with Gasteiger partial charge in [0, 0.05) is 28.9 Å². The van der Waals surface area contributed by atoms with Crippen LogP contribution >= 0.6 is 0 Å². The molecule has 1 fully saturated rings. The van der Waals surface area contributed by atoms with Crippen LogP contribution in [0.4, 0.5) is 0 Å². The second-order valence-electron chi connectivity index (χ2n) is 6.77. The predicted octanol–water partition coefficient (Wildman–Crippen LogP) is 3.63. The molecule has 1 aliphatic rings. The van der Waals surface area contributed by atoms with Gasteiger partial charge in [0.05, 0.1) is 6.04 Å². The number of rotatable bonds is 3. The smallest absolute Gasteiger partial charge is 0.254 e. The summed E-state index contributed by atoms with van der Waals surface area (Å²) in [7, 11) is 0. The maximum atomic E-state index is 13.1. The van der Waals surface area contributed by atoms with Crippen LogP contribution in [0.15, 0.2) is 54.6 Å². The van der Waals surface area contributed by atoms with Crippen molar-refractivity contribution in [3.63, 3.8) is 0 Å². The first kappa shape index (κ1) is 16.4. The monoisotopic (exact) mass is 347 g/mol. The highest BCUT2D eigenvalue weighted by Crippen LogP contribution is 2.33. The topological polar surface area (TPSA) is 79.2 Å². The summed E-state index contributed by atoms with van der Waals surface area (Å²) in [4.78, 5) is 29.9. The van der Waals surface area contributed by atoms with E-state index >= 15 is 0 Å². The average Bonchev–Trinajstić information content (AvgIpc) is 3.11. The Hall–Kier alpha value is -3.08. The van der Waals surface area contributed by atoms with E-state index in [0.29, 0.717) is 17.7 Å². The number of aromatic amines is 1. The van der Waals surface area contributed by atoms with Crippen LogP contribution in [0.3, 0.4) is 0 Å². The normalized spacial score (nSPS) is 17.4. The highest BCUT2D eigenvalue weighted by molar-refractivity contribution is 5.99. The molecule has 1 atom stereocenters. The standard InChI is InChI=1S/C21H21N3O2/c22-20(25)15-7-5-8-16(12-15)21(26)24-11-4-3-10-19(24)18-13-14-6-1-2-9-17(14)23-18/h1-2,5-9,12-13,19,23H,3-4,10-11H2,(H2,22,25)/t19-/m0/s1. The van der Waals surface area contributed by atoms with Crippen LogP contribution in [-0.2, 0) is 0 Å². The number of fused-ring (bicyclic) bond motifs is 1. The summed E-state index contributed by atoms with van der Waals surface area (Å²) < 4.78 is 0. The molecular formula is C21H21N3O2. The SMILES string of the molecule is NC(=O)c1cccc(C(=O)N2CCCC[C@H]2c2cc3ccccc3[nH]2)c1. The molecule has 2 heterocycles. The van der Waals surface area contributed by atoms with Gasteiger partial charge in [0.25, 0.3) is 5.91 Å². The molecule has 5 nitrogen and oxygen atoms in total. The number of nitrogens with two attached hydrogens (primary N) is 1. The number of amides is 2. The summed E-state index contributed by atoms with van der Waals surface area (Å²) in [6.45, 7) is 0.708. The number of hydrogen-bond acceptors (Lipinski definition) is 2. The summed E-state index contributed by atoms with van der Waals surface area (Å²) >= 11 is 0. The number of carbonyl (C=O) groups excluding carboxylic acids is 2. The van der Waals surface area contributed by atoms with Crippen LogP contribution in [0.25, 0.3) is 10.9 Å². The van der Waals surface area contributed by atoms with Crippen LogP contribution in [0.5, 0.6) is 0 Å². The molecule has 1 aliphatic heterocycles. The number of para-hydroxylation sites is 1. The van der Waals surface area contributed by atoms with E-state index in [1.165, 1.54) is 0 Å². The van der Waals surface area contributed by atoms with Crippen molar-refractivity contribution in [2.75, 3.05) is 6.54 Å². The Morgan fingerprint density at radius 3 is 2.62 bits per heavy atom. The minimum atomic E-state index is -0.523. The zero-order valence-electron chi connectivity index (χ0n) is 14.4. The van der Waals surface area contributed by atoms with E-state index in [4.69, 9.17) is 5.73 Å². The van der Waals surface area contributed by atoms with Gasteiger partial charge in [0.15, 0.2) is 0 Å². The number of likely N-dealkylation sites (tertiary alicyclic amines) is 1. The van der Waals surface area contributed by atoms with Crippen molar-refractivity contribution in [3.05, 3.63) is 71.4 Å². The molecule has 0 bridgehead atoms. The minimum absolute atomic E-state index is 0.0147. The third-order valence-corrected chi connectivity index (χ3v) is 5.07. The van der Waals surface area contributed by atoms with Gasteiger partial charge in [-0.2, -0.15) is 0 Å². The van der Waals surface area contributed by atoms with E-state index < -0.39 is 5.91 Å². The fourth-order valence-electron chi connectivity index (χ4n) is 3.74. The first-order chi connectivity index (χ1) is 12.6. The van der Waals surface area contributed by atoms with Crippen LogP contribution in [0, 0.1) is 0 Å². The van der Waals surface area contributed by atoms with E-state index in [1.54, 1.807) is 24.3 Å². The summed E-state index contributed by atoms with van der Waals surface area (Å²) in [6, 6.07) is 16.9. The molecule has 1 saturated heterocycles. The van der Waals surface area contributed by atoms with E-state index in [-0.39, 0.29) is 11.9 Å². The Balaban J connectivity index is 1.67. The Morgan fingerprint density at radius 1 is 1.00 bits per heavy atom. The lowest BCUT2D eigenvalue weighted by atomic mass is 9.97. The Morgan fingerprint density at radius 2 is 1.81 bits per heavy atom. The van der Waals surface area contributed by atoms with Gasteiger partial charge in [-0.25, -0.2) is 0 Å². The van der Waals surface area contributed by atoms with E-state index in [1.807, 2.05) is 23.1 Å². The third-order valence-electron chi connectivity index (χ3n) is 5.07. The zero-order valence-corrected chi connectivity index (χ0v) is 14.4. The summed E-state index contributed by atoms with van der Waals surface area (Å²) in [5.74, 6) is -0.582. The van der Waals surface area contributed by atoms with Crippen LogP contribution < -0.4 is 5.73 Å². The van der Waals surface area contributed by atoms with E-state index in [0.717, 1.165) is 35.9 Å². The van der Waals surface area contributed by atoms with Gasteiger partial charge in [-0.15, -0.1) is 0 Å². The van der Waals surface area contributed by atoms with E-state index in [2.05, 4.69) is 17.1 Å². The fourth-order valence-corrected chi connectivity index (χ4v) is 3.74. The van der Waals surface area contributed by atoms with Crippen LogP contribution in [-0.4, -0.2) is 28.2 Å². The molecule has 4 rings (SSSR count). The average molecular weight is 347 g/mol. The maximum Gasteiger partial charge on any atom is 0.254 e. The number of nitrogens with one attached hydrogen (secondary N) is 1. The quantitative estimate of drug-likeness (QED) is 0.759. The van der Waals surface area contributed by atoms with Gasteiger partial charge < -0.3 is 15.6 Å². The van der Waals surface area contributed by atoms with Crippen molar-refractivity contribution in [1.29, 1.82) is 0 Å². The lowest BCUT2D eigenvalue weighted by Crippen LogP contribution is -2.38. The first-order valence-electron chi connectivity index (χ1n) is 8.92. The number of primary amides is 1. The summed E-state index contributed by atoms with van der Waals surface area (Å²) in [5.41, 5.74) is 8.35. The largest absolute Gasteiger partial charge is 0.366 e. The maximum absolute atomic E-state index is 13.1. The summed E-state index contributed by atoms with van der Waals surface area (Å²) in [6.07, 6.45) is 3.00. The van der Waals surface area contributed by atoms with Crippen molar-refractivity contribution < 1.29 is 9.59 Å². The van der Waals surface area contributed by atoms with Gasteiger partial charge in [-0.05, 0) is 55.0 Å². The van der Waals surface area contributed by atoms with Gasteiger partial charge in [0.1, 0.15) is 0 Å². The highest BCUT2D eigenvalue weighted by atomic mass is 16.2. The molecule has 0 spiro atoms. The highest BCUT2D eigenvalue weighted by Gasteiger charge is 2.30. The van der Waals surface area contributed by atoms with Gasteiger partial charge >= 0.3 is 0 Å². The number of carbonyl (C=O) groups is 2. The number of benzene rings is 2. The molecule has 0 aliphatic carbocycles. The third kappa shape index (κ3) is 2.96. The Labute approximate surface area is 151 Å². The molecule has 3 aromatic rings. The first-order valence-corrected chi connectivity index (χ1v) is 8.92. The second-order valence-corrected chi connectivity index (χ2v) is 6.77. The van der Waals surface area contributed by atoms with Crippen molar-refractivity contribution in [3.8, 4) is 0 Å². The molecule has 0 radical (unpaired) electrons. The minimum Gasteiger partial charge on any atom is -0.366 e. The molecule has 132 valence electrons. The lowest BCUT2D eigenvalue weighted by molar-refractivity contribution is 0.0607. The molecule has 26 heavy (non-hydrogen) atoms. The van der Waals surface area contributed by atoms with Crippen molar-refractivity contribution >= 4 is 22.7 Å². The molecule has 3 N–H and O–H groups in total. The van der Waals surface area contributed by atoms with Crippen molar-refractivity contribution in [2.45, 2.75) is 25.3 Å². The van der Waals surface area contributed by atoms with Crippen molar-refractivity contribution in [1.82, 2.24) is 9.88 Å². The Kier molecular flexibility index (Phi) is 4.21. The van der Waals surface area contributed by atoms with Crippen LogP contribution in [0.1, 0.15) is 51.7 Å². The molecule has 5 heteroatoms. The molecule has 1 aromatic heterocycles. The molecule has 0 saturated carbocycles. The molecule has 2 amide bonds. The predicted molar refractivity (Wildman–Crippen MR) is 101 cm³/mol. The fraction of sp³-hybridized carbons (Fsp3) is 0.238. The van der Waals surface area contributed by atoms with Crippen LogP contribution in [0.2, 0.25) is 0 Å².